The van der Waals surface area contributed by atoms with E-state index < -0.39 is 0 Å². The summed E-state index contributed by atoms with van der Waals surface area (Å²) < 4.78 is 10.8. The molecule has 0 amide bonds. The van der Waals surface area contributed by atoms with Crippen LogP contribution in [-0.4, -0.2) is 26.8 Å². The van der Waals surface area contributed by atoms with Crippen molar-refractivity contribution in [3.05, 3.63) is 52.2 Å². The zero-order chi connectivity index (χ0) is 14.0. The lowest BCUT2D eigenvalue weighted by atomic mass is 10.2. The number of hydrogen-bond acceptors (Lipinski definition) is 4. The van der Waals surface area contributed by atoms with Crippen molar-refractivity contribution >= 4 is 11.3 Å². The molecule has 1 aromatic heterocycles. The second-order valence-corrected chi connectivity index (χ2v) is 5.32. The predicted octanol–water partition coefficient (Wildman–Crippen LogP) is 3.11. The summed E-state index contributed by atoms with van der Waals surface area (Å²) in [5.41, 5.74) is 2.54. The first kappa shape index (κ1) is 15.0. The molecule has 0 atom stereocenters. The van der Waals surface area contributed by atoms with Crippen molar-refractivity contribution in [1.29, 1.82) is 0 Å². The molecule has 0 aliphatic rings. The minimum atomic E-state index is 0.628. The van der Waals surface area contributed by atoms with Crippen LogP contribution in [0.2, 0.25) is 0 Å². The van der Waals surface area contributed by atoms with Crippen molar-refractivity contribution < 1.29 is 9.47 Å². The van der Waals surface area contributed by atoms with E-state index in [0.29, 0.717) is 6.61 Å². The smallest absolute Gasteiger partial charge is 0.119 e. The molecule has 0 saturated carbocycles. The lowest BCUT2D eigenvalue weighted by Crippen LogP contribution is -2.22. The monoisotopic (exact) mass is 291 g/mol. The molecule has 0 aliphatic heterocycles. The van der Waals surface area contributed by atoms with Crippen LogP contribution in [0.1, 0.15) is 11.1 Å². The van der Waals surface area contributed by atoms with Gasteiger partial charge in [-0.15, -0.1) is 0 Å². The SMILES string of the molecule is COc1cccc(COCCNCCc2ccsc2)c1. The average Bonchev–Trinajstić information content (AvgIpc) is 3.00. The molecule has 1 N–H and O–H groups in total. The van der Waals surface area contributed by atoms with Gasteiger partial charge in [-0.2, -0.15) is 11.3 Å². The Bertz CT molecular complexity index is 485. The van der Waals surface area contributed by atoms with Crippen LogP contribution in [0.15, 0.2) is 41.1 Å². The van der Waals surface area contributed by atoms with Gasteiger partial charge in [0.05, 0.1) is 20.3 Å². The Kier molecular flexibility index (Phi) is 6.57. The van der Waals surface area contributed by atoms with Crippen molar-refractivity contribution in [2.75, 3.05) is 26.8 Å². The van der Waals surface area contributed by atoms with Crippen LogP contribution in [0.4, 0.5) is 0 Å². The summed E-state index contributed by atoms with van der Waals surface area (Å²) in [6.07, 6.45) is 1.08. The van der Waals surface area contributed by atoms with Gasteiger partial charge in [-0.3, -0.25) is 0 Å². The van der Waals surface area contributed by atoms with Gasteiger partial charge >= 0.3 is 0 Å². The molecule has 4 heteroatoms. The van der Waals surface area contributed by atoms with Crippen LogP contribution >= 0.6 is 11.3 Å². The molecule has 0 unspecified atom stereocenters. The highest BCUT2D eigenvalue weighted by atomic mass is 32.1. The van der Waals surface area contributed by atoms with Crippen LogP contribution in [0.3, 0.4) is 0 Å². The fourth-order valence-corrected chi connectivity index (χ4v) is 2.59. The van der Waals surface area contributed by atoms with E-state index >= 15 is 0 Å². The Balaban J connectivity index is 1.53. The molecule has 1 aromatic carbocycles. The van der Waals surface area contributed by atoms with Crippen LogP contribution in [0.5, 0.6) is 5.75 Å². The fraction of sp³-hybridized carbons (Fsp3) is 0.375. The zero-order valence-electron chi connectivity index (χ0n) is 11.8. The number of methoxy groups -OCH3 is 1. The standard InChI is InChI=1S/C16H21NO2S/c1-18-16-4-2-3-15(11-16)12-19-9-8-17-7-5-14-6-10-20-13-14/h2-4,6,10-11,13,17H,5,7-9,12H2,1H3. The number of hydrogen-bond donors (Lipinski definition) is 1. The van der Waals surface area contributed by atoms with Gasteiger partial charge in [-0.25, -0.2) is 0 Å². The third-order valence-electron chi connectivity index (χ3n) is 3.00. The van der Waals surface area contributed by atoms with Crippen molar-refractivity contribution in [1.82, 2.24) is 5.32 Å². The number of ether oxygens (including phenoxy) is 2. The summed E-state index contributed by atoms with van der Waals surface area (Å²) in [5, 5.41) is 7.70. The summed E-state index contributed by atoms with van der Waals surface area (Å²) in [7, 11) is 1.68. The van der Waals surface area contributed by atoms with Gasteiger partial charge in [0.15, 0.2) is 0 Å². The Morgan fingerprint density at radius 2 is 2.10 bits per heavy atom. The molecule has 1 heterocycles. The van der Waals surface area contributed by atoms with Gasteiger partial charge in [0.25, 0.3) is 0 Å². The second-order valence-electron chi connectivity index (χ2n) is 4.54. The largest absolute Gasteiger partial charge is 0.497 e. The second kappa shape index (κ2) is 8.74. The maximum atomic E-state index is 5.64. The predicted molar refractivity (Wildman–Crippen MR) is 83.5 cm³/mol. The highest BCUT2D eigenvalue weighted by molar-refractivity contribution is 7.07. The van der Waals surface area contributed by atoms with Gasteiger partial charge < -0.3 is 14.8 Å². The quantitative estimate of drug-likeness (QED) is 0.720. The van der Waals surface area contributed by atoms with Gasteiger partial charge in [0, 0.05) is 6.54 Å². The lowest BCUT2D eigenvalue weighted by molar-refractivity contribution is 0.122. The van der Waals surface area contributed by atoms with E-state index in [4.69, 9.17) is 9.47 Å². The van der Waals surface area contributed by atoms with Crippen LogP contribution in [-0.2, 0) is 17.8 Å². The summed E-state index contributed by atoms with van der Waals surface area (Å²) in [5.74, 6) is 0.875. The van der Waals surface area contributed by atoms with Crippen LogP contribution < -0.4 is 10.1 Å². The maximum absolute atomic E-state index is 5.64. The highest BCUT2D eigenvalue weighted by Crippen LogP contribution is 2.13. The highest BCUT2D eigenvalue weighted by Gasteiger charge is 1.96. The molecule has 20 heavy (non-hydrogen) atoms. The van der Waals surface area contributed by atoms with Crippen molar-refractivity contribution in [2.24, 2.45) is 0 Å². The van der Waals surface area contributed by atoms with E-state index in [-0.39, 0.29) is 0 Å². The van der Waals surface area contributed by atoms with Gasteiger partial charge in [0.1, 0.15) is 5.75 Å². The Morgan fingerprint density at radius 1 is 1.15 bits per heavy atom. The van der Waals surface area contributed by atoms with Crippen molar-refractivity contribution in [3.63, 3.8) is 0 Å². The number of benzene rings is 1. The minimum Gasteiger partial charge on any atom is -0.497 e. The molecule has 0 fully saturated rings. The summed E-state index contributed by atoms with van der Waals surface area (Å²) in [6, 6.07) is 10.1. The molecule has 0 radical (unpaired) electrons. The molecule has 2 rings (SSSR count). The number of nitrogens with one attached hydrogen (secondary N) is 1. The Labute approximate surface area is 124 Å². The van der Waals surface area contributed by atoms with E-state index in [1.165, 1.54) is 5.56 Å². The number of rotatable bonds is 9. The van der Waals surface area contributed by atoms with Crippen molar-refractivity contribution in [3.8, 4) is 5.75 Å². The fourth-order valence-electron chi connectivity index (χ4n) is 1.89. The first-order valence-corrected chi connectivity index (χ1v) is 7.75. The van der Waals surface area contributed by atoms with E-state index in [2.05, 4.69) is 22.1 Å². The van der Waals surface area contributed by atoms with Gasteiger partial charge in [-0.05, 0) is 53.1 Å². The Morgan fingerprint density at radius 3 is 2.90 bits per heavy atom. The molecule has 0 saturated heterocycles. The van der Waals surface area contributed by atoms with E-state index in [0.717, 1.165) is 37.4 Å². The van der Waals surface area contributed by atoms with Gasteiger partial charge in [0.2, 0.25) is 0 Å². The summed E-state index contributed by atoms with van der Waals surface area (Å²) >= 11 is 1.75. The van der Waals surface area contributed by atoms with Gasteiger partial charge in [-0.1, -0.05) is 12.1 Å². The Hall–Kier alpha value is -1.36. The molecule has 0 bridgehead atoms. The average molecular weight is 291 g/mol. The topological polar surface area (TPSA) is 30.5 Å². The molecular formula is C16H21NO2S. The normalized spacial score (nSPS) is 10.7. The molecule has 2 aromatic rings. The van der Waals surface area contributed by atoms with Crippen LogP contribution in [0.25, 0.3) is 0 Å². The first-order chi connectivity index (χ1) is 9.88. The maximum Gasteiger partial charge on any atom is 0.119 e. The van der Waals surface area contributed by atoms with E-state index in [1.807, 2.05) is 24.3 Å². The lowest BCUT2D eigenvalue weighted by Gasteiger charge is -2.07. The molecule has 0 aliphatic carbocycles. The van der Waals surface area contributed by atoms with E-state index in [9.17, 15) is 0 Å². The van der Waals surface area contributed by atoms with Crippen molar-refractivity contribution in [2.45, 2.75) is 13.0 Å². The van der Waals surface area contributed by atoms with Crippen LogP contribution in [0, 0.1) is 0 Å². The third-order valence-corrected chi connectivity index (χ3v) is 3.73. The third kappa shape index (κ3) is 5.33. The number of thiophene rings is 1. The summed E-state index contributed by atoms with van der Waals surface area (Å²) in [4.78, 5) is 0. The molecular weight excluding hydrogens is 270 g/mol. The molecule has 108 valence electrons. The van der Waals surface area contributed by atoms with E-state index in [1.54, 1.807) is 18.4 Å². The molecule has 0 spiro atoms. The minimum absolute atomic E-state index is 0.628. The molecule has 3 nitrogen and oxygen atoms in total. The first-order valence-electron chi connectivity index (χ1n) is 6.81. The zero-order valence-corrected chi connectivity index (χ0v) is 12.6. The summed E-state index contributed by atoms with van der Waals surface area (Å²) in [6.45, 7) is 3.23.